The Morgan fingerprint density at radius 3 is 2.82 bits per heavy atom. The van der Waals surface area contributed by atoms with E-state index in [1.807, 2.05) is 13.8 Å². The van der Waals surface area contributed by atoms with Gasteiger partial charge in [-0.15, -0.1) is 0 Å². The minimum absolute atomic E-state index is 0.0548. The van der Waals surface area contributed by atoms with Crippen LogP contribution in [0, 0.1) is 0 Å². The predicted octanol–water partition coefficient (Wildman–Crippen LogP) is 0.879. The fourth-order valence-corrected chi connectivity index (χ4v) is 3.39. The highest BCUT2D eigenvalue weighted by atomic mass is 16.8. The second kappa shape index (κ2) is 2.67. The van der Waals surface area contributed by atoms with Crippen molar-refractivity contribution < 1.29 is 23.7 Å². The molecule has 3 aliphatic heterocycles. The maximum Gasteiger partial charge on any atom is 0.335 e. The van der Waals surface area contributed by atoms with Crippen molar-refractivity contribution in [1.29, 1.82) is 0 Å². The third-order valence-corrected chi connectivity index (χ3v) is 3.92. The van der Waals surface area contributed by atoms with Crippen LogP contribution in [0.1, 0.15) is 26.7 Å². The lowest BCUT2D eigenvalue weighted by Gasteiger charge is -2.32. The molecule has 4 aliphatic rings. The van der Waals surface area contributed by atoms with Crippen LogP contribution in [-0.4, -0.2) is 35.7 Å². The van der Waals surface area contributed by atoms with Crippen molar-refractivity contribution in [1.82, 2.24) is 0 Å². The molecular weight excluding hydrogens is 224 g/mol. The molecule has 0 aromatic carbocycles. The first kappa shape index (κ1) is 9.91. The lowest BCUT2D eigenvalue weighted by atomic mass is 9.82. The van der Waals surface area contributed by atoms with Crippen molar-refractivity contribution in [2.75, 3.05) is 0 Å². The number of esters is 1. The molecule has 17 heavy (non-hydrogen) atoms. The largest absolute Gasteiger partial charge is 0.487 e. The summed E-state index contributed by atoms with van der Waals surface area (Å²) < 4.78 is 22.9. The van der Waals surface area contributed by atoms with E-state index in [0.29, 0.717) is 18.6 Å². The average molecular weight is 238 g/mol. The van der Waals surface area contributed by atoms with Gasteiger partial charge < -0.3 is 18.9 Å². The van der Waals surface area contributed by atoms with Gasteiger partial charge in [0.25, 0.3) is 0 Å². The molecule has 3 fully saturated rings. The summed E-state index contributed by atoms with van der Waals surface area (Å²) in [5.41, 5.74) is -0.577. The molecule has 0 N–H and O–H groups in total. The Balaban J connectivity index is 1.70. The lowest BCUT2D eigenvalue weighted by molar-refractivity contribution is -0.157. The van der Waals surface area contributed by atoms with Crippen molar-refractivity contribution in [3.8, 4) is 0 Å². The van der Waals surface area contributed by atoms with Crippen molar-refractivity contribution in [2.45, 2.75) is 56.4 Å². The average Bonchev–Trinajstić information content (AvgIpc) is 2.72. The first-order chi connectivity index (χ1) is 7.97. The van der Waals surface area contributed by atoms with Gasteiger partial charge in [0, 0.05) is 12.8 Å². The maximum absolute atomic E-state index is 11.3. The first-order valence-corrected chi connectivity index (χ1v) is 5.95. The summed E-state index contributed by atoms with van der Waals surface area (Å²) >= 11 is 0. The molecule has 1 unspecified atom stereocenters. The molecule has 1 aliphatic carbocycles. The zero-order valence-electron chi connectivity index (χ0n) is 9.76. The molecule has 4 atom stereocenters. The van der Waals surface area contributed by atoms with E-state index in [2.05, 4.69) is 0 Å². The fourth-order valence-electron chi connectivity index (χ4n) is 3.39. The number of ether oxygens (including phenoxy) is 4. The van der Waals surface area contributed by atoms with Gasteiger partial charge in [0.15, 0.2) is 11.4 Å². The van der Waals surface area contributed by atoms with Crippen LogP contribution in [0.5, 0.6) is 0 Å². The first-order valence-electron chi connectivity index (χ1n) is 5.95. The second-order valence-corrected chi connectivity index (χ2v) is 5.63. The van der Waals surface area contributed by atoms with Crippen molar-refractivity contribution in [3.63, 3.8) is 0 Å². The normalized spacial score (nSPS) is 49.2. The molecule has 0 aromatic heterocycles. The van der Waals surface area contributed by atoms with E-state index in [9.17, 15) is 4.79 Å². The summed E-state index contributed by atoms with van der Waals surface area (Å²) in [6, 6.07) is 0. The SMILES string of the molecule is CC1(C)O[C@@H]2C[C@]34CC(OC3=CC(=O)O4)[C@@H]2O1. The molecule has 3 heterocycles. The molecule has 0 aromatic rings. The Hall–Kier alpha value is -1.07. The topological polar surface area (TPSA) is 54.0 Å². The lowest BCUT2D eigenvalue weighted by Crippen LogP contribution is -2.46. The molecule has 2 bridgehead atoms. The zero-order chi connectivity index (χ0) is 11.8. The summed E-state index contributed by atoms with van der Waals surface area (Å²) in [5, 5.41) is 0. The standard InChI is InChI=1S/C12H14O5/c1-11(2)15-7-5-12-4-6(10(7)17-11)14-8(12)3-9(13)16-12/h3,6-7,10H,4-5H2,1-2H3/t6?,7-,10+,12-/m1/s1. The predicted molar refractivity (Wildman–Crippen MR) is 54.8 cm³/mol. The molecule has 5 nitrogen and oxygen atoms in total. The van der Waals surface area contributed by atoms with E-state index >= 15 is 0 Å². The van der Waals surface area contributed by atoms with E-state index in [0.717, 1.165) is 0 Å². The number of carbonyl (C=O) groups excluding carboxylic acids is 1. The number of hydrogen-bond acceptors (Lipinski definition) is 5. The zero-order valence-corrected chi connectivity index (χ0v) is 9.76. The monoisotopic (exact) mass is 238 g/mol. The third-order valence-electron chi connectivity index (χ3n) is 3.92. The van der Waals surface area contributed by atoms with Gasteiger partial charge >= 0.3 is 5.97 Å². The van der Waals surface area contributed by atoms with Gasteiger partial charge in [0.05, 0.1) is 12.2 Å². The van der Waals surface area contributed by atoms with E-state index in [4.69, 9.17) is 18.9 Å². The summed E-state index contributed by atoms with van der Waals surface area (Å²) in [7, 11) is 0. The van der Waals surface area contributed by atoms with Gasteiger partial charge in [-0.25, -0.2) is 4.79 Å². The Bertz CT molecular complexity index is 440. The molecule has 1 spiro atoms. The fraction of sp³-hybridized carbons (Fsp3) is 0.750. The van der Waals surface area contributed by atoms with Crippen LogP contribution < -0.4 is 0 Å². The Morgan fingerprint density at radius 2 is 2.00 bits per heavy atom. The maximum atomic E-state index is 11.3. The molecule has 1 saturated carbocycles. The Kier molecular flexibility index (Phi) is 1.56. The highest BCUT2D eigenvalue weighted by Crippen LogP contribution is 2.53. The molecule has 0 amide bonds. The van der Waals surface area contributed by atoms with Gasteiger partial charge in [-0.3, -0.25) is 0 Å². The van der Waals surface area contributed by atoms with E-state index < -0.39 is 11.4 Å². The van der Waals surface area contributed by atoms with Crippen LogP contribution in [-0.2, 0) is 23.7 Å². The minimum atomic E-state index is -0.577. The van der Waals surface area contributed by atoms with E-state index in [1.54, 1.807) is 0 Å². The minimum Gasteiger partial charge on any atom is -0.487 e. The molecule has 5 heteroatoms. The van der Waals surface area contributed by atoms with Gasteiger partial charge in [0.1, 0.15) is 18.0 Å². The van der Waals surface area contributed by atoms with Gasteiger partial charge in [-0.2, -0.15) is 0 Å². The van der Waals surface area contributed by atoms with Crippen molar-refractivity contribution in [2.24, 2.45) is 0 Å². The van der Waals surface area contributed by atoms with Gasteiger partial charge in [0.2, 0.25) is 0 Å². The number of rotatable bonds is 0. The quantitative estimate of drug-likeness (QED) is 0.586. The van der Waals surface area contributed by atoms with Gasteiger partial charge in [-0.1, -0.05) is 0 Å². The summed E-state index contributed by atoms with van der Waals surface area (Å²) in [6.45, 7) is 3.79. The van der Waals surface area contributed by atoms with Crippen LogP contribution in [0.25, 0.3) is 0 Å². The van der Waals surface area contributed by atoms with Crippen molar-refractivity contribution >= 4 is 5.97 Å². The number of carbonyl (C=O) groups is 1. The molecule has 4 rings (SSSR count). The highest BCUT2D eigenvalue weighted by Gasteiger charge is 2.64. The summed E-state index contributed by atoms with van der Waals surface area (Å²) in [4.78, 5) is 11.3. The van der Waals surface area contributed by atoms with Crippen LogP contribution in [0.4, 0.5) is 0 Å². The summed E-state index contributed by atoms with van der Waals surface area (Å²) in [6.07, 6.45) is 2.60. The van der Waals surface area contributed by atoms with E-state index in [1.165, 1.54) is 6.08 Å². The Labute approximate surface area is 98.7 Å². The van der Waals surface area contributed by atoms with Gasteiger partial charge in [-0.05, 0) is 13.8 Å². The Morgan fingerprint density at radius 1 is 1.24 bits per heavy atom. The van der Waals surface area contributed by atoms with E-state index in [-0.39, 0.29) is 24.3 Å². The van der Waals surface area contributed by atoms with Crippen molar-refractivity contribution in [3.05, 3.63) is 11.8 Å². The number of fused-ring (bicyclic) bond motifs is 3. The molecule has 92 valence electrons. The van der Waals surface area contributed by atoms with Crippen LogP contribution in [0.2, 0.25) is 0 Å². The summed E-state index contributed by atoms with van der Waals surface area (Å²) in [5.74, 6) is -0.228. The highest BCUT2D eigenvalue weighted by molar-refractivity contribution is 5.86. The van der Waals surface area contributed by atoms with Crippen LogP contribution in [0.3, 0.4) is 0 Å². The smallest absolute Gasteiger partial charge is 0.335 e. The third kappa shape index (κ3) is 1.18. The molecule has 2 saturated heterocycles. The van der Waals surface area contributed by atoms with Crippen LogP contribution in [0.15, 0.2) is 11.8 Å². The molecular formula is C12H14O5. The number of hydrogen-bond donors (Lipinski definition) is 0. The molecule has 0 radical (unpaired) electrons. The van der Waals surface area contributed by atoms with Crippen LogP contribution >= 0.6 is 0 Å². The second-order valence-electron chi connectivity index (χ2n) is 5.63.